The van der Waals surface area contributed by atoms with Crippen molar-refractivity contribution in [3.8, 4) is 5.75 Å². The summed E-state index contributed by atoms with van der Waals surface area (Å²) in [5.74, 6) is 0.662. The van der Waals surface area contributed by atoms with E-state index in [4.69, 9.17) is 9.47 Å². The molecule has 1 heterocycles. The molecular weight excluding hydrogens is 336 g/mol. The van der Waals surface area contributed by atoms with Gasteiger partial charge in [0.05, 0.1) is 16.4 Å². The number of aryl methyl sites for hydroxylation is 1. The van der Waals surface area contributed by atoms with Gasteiger partial charge >= 0.3 is 0 Å². The number of rotatable bonds is 5. The summed E-state index contributed by atoms with van der Waals surface area (Å²) in [6, 6.07) is 12.3. The maximum absolute atomic E-state index is 13.1. The zero-order chi connectivity index (χ0) is 18.2. The lowest BCUT2D eigenvalue weighted by molar-refractivity contribution is 0.263. The molecule has 2 aromatic rings. The Balaban J connectivity index is 1.91. The first-order valence-electron chi connectivity index (χ1n) is 8.38. The Kier molecular flexibility index (Phi) is 4.64. The van der Waals surface area contributed by atoms with E-state index in [1.165, 1.54) is 0 Å². The maximum Gasteiger partial charge on any atom is 0.206 e. The highest BCUT2D eigenvalue weighted by Gasteiger charge is 2.25. The van der Waals surface area contributed by atoms with E-state index in [2.05, 4.69) is 20.8 Å². The van der Waals surface area contributed by atoms with E-state index >= 15 is 0 Å². The minimum absolute atomic E-state index is 0.108. The van der Waals surface area contributed by atoms with Gasteiger partial charge in [-0.05, 0) is 53.8 Å². The molecule has 0 bridgehead atoms. The molecule has 0 spiro atoms. The minimum Gasteiger partial charge on any atom is -0.491 e. The molecule has 1 saturated heterocycles. The molecule has 0 radical (unpaired) electrons. The van der Waals surface area contributed by atoms with Gasteiger partial charge in [0.25, 0.3) is 0 Å². The molecule has 5 heteroatoms. The molecule has 0 saturated carbocycles. The molecule has 4 nitrogen and oxygen atoms in total. The first-order valence-corrected chi connectivity index (χ1v) is 9.87. The van der Waals surface area contributed by atoms with E-state index in [0.29, 0.717) is 27.7 Å². The van der Waals surface area contributed by atoms with Gasteiger partial charge in [-0.15, -0.1) is 0 Å². The van der Waals surface area contributed by atoms with Crippen LogP contribution in [0.15, 0.2) is 52.3 Å². The Morgan fingerprint density at radius 2 is 1.88 bits per heavy atom. The van der Waals surface area contributed by atoms with Gasteiger partial charge in [-0.3, -0.25) is 0 Å². The molecule has 1 atom stereocenters. The van der Waals surface area contributed by atoms with Gasteiger partial charge < -0.3 is 9.47 Å². The molecule has 25 heavy (non-hydrogen) atoms. The molecule has 0 aromatic heterocycles. The molecule has 1 fully saturated rings. The summed E-state index contributed by atoms with van der Waals surface area (Å²) < 4.78 is 36.9. The van der Waals surface area contributed by atoms with Crippen molar-refractivity contribution in [2.75, 3.05) is 13.2 Å². The number of ether oxygens (including phenoxy) is 2. The second-order valence-corrected chi connectivity index (χ2v) is 9.39. The third-order valence-electron chi connectivity index (χ3n) is 4.28. The third kappa shape index (κ3) is 4.05. The van der Waals surface area contributed by atoms with Crippen LogP contribution in [0.5, 0.6) is 5.75 Å². The molecule has 2 aromatic carbocycles. The molecule has 134 valence electrons. The van der Waals surface area contributed by atoms with Gasteiger partial charge in [-0.1, -0.05) is 32.9 Å². The van der Waals surface area contributed by atoms with Gasteiger partial charge in [-0.25, -0.2) is 8.42 Å². The van der Waals surface area contributed by atoms with Crippen LogP contribution in [0.25, 0.3) is 0 Å². The molecule has 1 unspecified atom stereocenters. The highest BCUT2D eigenvalue weighted by Crippen LogP contribution is 2.30. The number of benzene rings is 2. The van der Waals surface area contributed by atoms with Gasteiger partial charge in [-0.2, -0.15) is 0 Å². The fourth-order valence-corrected chi connectivity index (χ4v) is 4.15. The highest BCUT2D eigenvalue weighted by atomic mass is 32.2. The monoisotopic (exact) mass is 360 g/mol. The Bertz CT molecular complexity index is 875. The highest BCUT2D eigenvalue weighted by molar-refractivity contribution is 7.91. The van der Waals surface area contributed by atoms with Crippen molar-refractivity contribution in [3.05, 3.63) is 53.6 Å². The van der Waals surface area contributed by atoms with Gasteiger partial charge in [0, 0.05) is 0 Å². The van der Waals surface area contributed by atoms with E-state index in [1.54, 1.807) is 43.3 Å². The fraction of sp³-hybridized carbons (Fsp3) is 0.400. The van der Waals surface area contributed by atoms with Crippen molar-refractivity contribution in [3.63, 3.8) is 0 Å². The van der Waals surface area contributed by atoms with Crippen molar-refractivity contribution in [2.45, 2.75) is 49.0 Å². The number of epoxide rings is 1. The van der Waals surface area contributed by atoms with Crippen LogP contribution in [0.4, 0.5) is 0 Å². The lowest BCUT2D eigenvalue weighted by Gasteiger charge is -2.20. The minimum atomic E-state index is -3.57. The Hall–Kier alpha value is -1.85. The van der Waals surface area contributed by atoms with Crippen LogP contribution in [0.2, 0.25) is 0 Å². The average Bonchev–Trinajstić information content (AvgIpc) is 3.36. The third-order valence-corrected chi connectivity index (χ3v) is 6.20. The normalized spacial score (nSPS) is 17.4. The molecule has 0 amide bonds. The lowest BCUT2D eigenvalue weighted by Crippen LogP contribution is -2.13. The van der Waals surface area contributed by atoms with Crippen LogP contribution < -0.4 is 4.74 Å². The summed E-state index contributed by atoms with van der Waals surface area (Å²) >= 11 is 0. The molecular formula is C20H24O4S. The largest absolute Gasteiger partial charge is 0.491 e. The van der Waals surface area contributed by atoms with E-state index in [0.717, 1.165) is 12.2 Å². The van der Waals surface area contributed by atoms with Gasteiger partial charge in [0.1, 0.15) is 18.5 Å². The zero-order valence-electron chi connectivity index (χ0n) is 15.1. The summed E-state index contributed by atoms with van der Waals surface area (Å²) in [5, 5.41) is 0. The number of hydrogen-bond donors (Lipinski definition) is 0. The molecule has 0 N–H and O–H groups in total. The number of hydrogen-bond acceptors (Lipinski definition) is 4. The van der Waals surface area contributed by atoms with Crippen LogP contribution in [0.3, 0.4) is 0 Å². The molecule has 0 aliphatic carbocycles. The summed E-state index contributed by atoms with van der Waals surface area (Å²) in [6.07, 6.45) is 0.170. The van der Waals surface area contributed by atoms with Crippen molar-refractivity contribution in [2.24, 2.45) is 0 Å². The zero-order valence-corrected chi connectivity index (χ0v) is 15.9. The summed E-state index contributed by atoms with van der Waals surface area (Å²) in [6.45, 7) is 9.23. The average molecular weight is 360 g/mol. The van der Waals surface area contributed by atoms with E-state index < -0.39 is 9.84 Å². The van der Waals surface area contributed by atoms with Crippen LogP contribution in [0, 0.1) is 6.92 Å². The second kappa shape index (κ2) is 6.46. The predicted octanol–water partition coefficient (Wildman–Crippen LogP) is 3.90. The van der Waals surface area contributed by atoms with Crippen LogP contribution in [-0.4, -0.2) is 27.7 Å². The van der Waals surface area contributed by atoms with Crippen molar-refractivity contribution in [1.82, 2.24) is 0 Å². The van der Waals surface area contributed by atoms with Crippen molar-refractivity contribution >= 4 is 9.84 Å². The van der Waals surface area contributed by atoms with E-state index in [-0.39, 0.29) is 11.5 Å². The first-order chi connectivity index (χ1) is 11.7. The molecule has 3 rings (SSSR count). The van der Waals surface area contributed by atoms with Crippen molar-refractivity contribution < 1.29 is 17.9 Å². The smallest absolute Gasteiger partial charge is 0.206 e. The molecule has 1 aliphatic heterocycles. The van der Waals surface area contributed by atoms with Crippen LogP contribution in [-0.2, 0) is 20.0 Å². The van der Waals surface area contributed by atoms with Crippen LogP contribution in [0.1, 0.15) is 31.9 Å². The van der Waals surface area contributed by atoms with E-state index in [9.17, 15) is 8.42 Å². The standard InChI is InChI=1S/C20H24O4S/c1-14-10-16(23-12-17-13-24-17)8-9-19(14)25(21,22)18-7-5-6-15(11-18)20(2,3)4/h5-11,17H,12-13H2,1-4H3. The lowest BCUT2D eigenvalue weighted by atomic mass is 9.87. The summed E-state index contributed by atoms with van der Waals surface area (Å²) in [5.41, 5.74) is 1.56. The predicted molar refractivity (Wildman–Crippen MR) is 97.0 cm³/mol. The Morgan fingerprint density at radius 3 is 2.48 bits per heavy atom. The topological polar surface area (TPSA) is 55.9 Å². The van der Waals surface area contributed by atoms with Gasteiger partial charge in [0.15, 0.2) is 0 Å². The second-order valence-electron chi connectivity index (χ2n) is 7.47. The maximum atomic E-state index is 13.1. The first kappa shape index (κ1) is 18.0. The summed E-state index contributed by atoms with van der Waals surface area (Å²) in [4.78, 5) is 0.636. The van der Waals surface area contributed by atoms with Crippen LogP contribution >= 0.6 is 0 Å². The fourth-order valence-electron chi connectivity index (χ4n) is 2.62. The SMILES string of the molecule is Cc1cc(OCC2CO2)ccc1S(=O)(=O)c1cccc(C(C)(C)C)c1. The number of sulfone groups is 1. The van der Waals surface area contributed by atoms with E-state index in [1.807, 2.05) is 6.07 Å². The quantitative estimate of drug-likeness (QED) is 0.759. The van der Waals surface area contributed by atoms with Crippen molar-refractivity contribution in [1.29, 1.82) is 0 Å². The molecule has 1 aliphatic rings. The Morgan fingerprint density at radius 1 is 1.16 bits per heavy atom. The summed E-state index contributed by atoms with van der Waals surface area (Å²) in [7, 11) is -3.57. The van der Waals surface area contributed by atoms with Gasteiger partial charge in [0.2, 0.25) is 9.84 Å². The Labute approximate surface area is 149 Å².